The van der Waals surface area contributed by atoms with Crippen molar-refractivity contribution in [1.29, 1.82) is 0 Å². The standard InChI is InChI=1S/C28H46F2N6O3.2ClH/c1-19(2)18-36(21-14-20(15-31-16-21)24(37)35-11-8-28(29,30)9-12-35)25(38)22-17-33-26(27(3,4)5)34-23(22)32-10-7-13-39-6;;/h17,19-21,31H,7-16,18H2,1-6H3,(H,32,33,34);2*1H/t20-,21+;;/m1../s1. The summed E-state index contributed by atoms with van der Waals surface area (Å²) in [5.41, 5.74) is 0.106. The molecule has 0 bridgehead atoms. The molecule has 0 aromatic carbocycles. The third-order valence-electron chi connectivity index (χ3n) is 7.25. The third-order valence-corrected chi connectivity index (χ3v) is 7.25. The molecule has 2 amide bonds. The first-order valence-electron chi connectivity index (χ1n) is 14.1. The molecule has 3 heterocycles. The average molecular weight is 626 g/mol. The quantitative estimate of drug-likeness (QED) is 0.372. The second kappa shape index (κ2) is 16.1. The van der Waals surface area contributed by atoms with Gasteiger partial charge >= 0.3 is 0 Å². The van der Waals surface area contributed by atoms with Crippen LogP contribution in [0, 0.1) is 11.8 Å². The lowest BCUT2D eigenvalue weighted by Gasteiger charge is -2.41. The van der Waals surface area contributed by atoms with E-state index < -0.39 is 5.92 Å². The number of ether oxygens (including phenoxy) is 1. The number of hydrogen-bond acceptors (Lipinski definition) is 7. The summed E-state index contributed by atoms with van der Waals surface area (Å²) in [6.45, 7) is 13.0. The molecule has 0 aliphatic carbocycles. The van der Waals surface area contributed by atoms with Crippen molar-refractivity contribution in [2.45, 2.75) is 77.7 Å². The molecule has 2 aliphatic heterocycles. The van der Waals surface area contributed by atoms with Crippen LogP contribution in [0.1, 0.15) is 76.5 Å². The number of carbonyl (C=O) groups is 2. The van der Waals surface area contributed by atoms with E-state index in [0.717, 1.165) is 6.42 Å². The predicted octanol–water partition coefficient (Wildman–Crippen LogP) is 4.40. The SMILES string of the molecule is COCCCNc1nc(C(C)(C)C)ncc1C(=O)N(CC(C)C)[C@@H]1CNC[C@H](C(=O)N2CCC(F)(F)CC2)C1.Cl.Cl. The number of rotatable bonds is 10. The van der Waals surface area contributed by atoms with Gasteiger partial charge in [-0.25, -0.2) is 18.7 Å². The summed E-state index contributed by atoms with van der Waals surface area (Å²) in [5, 5.41) is 6.64. The highest BCUT2D eigenvalue weighted by atomic mass is 35.5. The van der Waals surface area contributed by atoms with Gasteiger partial charge in [-0.3, -0.25) is 9.59 Å². The zero-order chi connectivity index (χ0) is 28.8. The van der Waals surface area contributed by atoms with Gasteiger partial charge in [0.1, 0.15) is 17.2 Å². The van der Waals surface area contributed by atoms with Gasteiger partial charge in [-0.2, -0.15) is 0 Å². The lowest BCUT2D eigenvalue weighted by atomic mass is 9.91. The second-order valence-corrected chi connectivity index (χ2v) is 12.3. The Morgan fingerprint density at radius 2 is 1.88 bits per heavy atom. The molecule has 2 aliphatic rings. The fourth-order valence-electron chi connectivity index (χ4n) is 5.06. The molecule has 0 radical (unpaired) electrons. The van der Waals surface area contributed by atoms with E-state index in [2.05, 4.69) is 29.5 Å². The summed E-state index contributed by atoms with van der Waals surface area (Å²) < 4.78 is 32.4. The van der Waals surface area contributed by atoms with Crippen LogP contribution in [0.25, 0.3) is 0 Å². The number of methoxy groups -OCH3 is 1. The molecule has 2 atom stereocenters. The van der Waals surface area contributed by atoms with Crippen LogP contribution in [0.3, 0.4) is 0 Å². The first-order valence-corrected chi connectivity index (χ1v) is 14.1. The highest BCUT2D eigenvalue weighted by Gasteiger charge is 2.40. The number of nitrogens with one attached hydrogen (secondary N) is 2. The molecule has 13 heteroatoms. The van der Waals surface area contributed by atoms with E-state index in [1.165, 1.54) is 0 Å². The monoisotopic (exact) mass is 624 g/mol. The number of anilines is 1. The van der Waals surface area contributed by atoms with Crippen molar-refractivity contribution >= 4 is 42.4 Å². The van der Waals surface area contributed by atoms with Gasteiger partial charge in [0.15, 0.2) is 0 Å². The fourth-order valence-corrected chi connectivity index (χ4v) is 5.06. The van der Waals surface area contributed by atoms with E-state index in [1.807, 2.05) is 25.7 Å². The lowest BCUT2D eigenvalue weighted by Crippen LogP contribution is -2.56. The Morgan fingerprint density at radius 3 is 2.46 bits per heavy atom. The first kappa shape index (κ1) is 37.2. The summed E-state index contributed by atoms with van der Waals surface area (Å²) in [6.07, 6.45) is 2.24. The summed E-state index contributed by atoms with van der Waals surface area (Å²) in [4.78, 5) is 40.0. The molecule has 1 aromatic heterocycles. The summed E-state index contributed by atoms with van der Waals surface area (Å²) in [6, 6.07) is -0.225. The minimum absolute atomic E-state index is 0. The Morgan fingerprint density at radius 1 is 1.22 bits per heavy atom. The number of hydrogen-bond donors (Lipinski definition) is 2. The number of alkyl halides is 2. The van der Waals surface area contributed by atoms with Crippen molar-refractivity contribution in [2.24, 2.45) is 11.8 Å². The number of likely N-dealkylation sites (tertiary alicyclic amines) is 1. The molecule has 1 aromatic rings. The van der Waals surface area contributed by atoms with Crippen LogP contribution in [0.5, 0.6) is 0 Å². The highest BCUT2D eigenvalue weighted by molar-refractivity contribution is 5.98. The van der Waals surface area contributed by atoms with Crippen LogP contribution in [0.4, 0.5) is 14.6 Å². The van der Waals surface area contributed by atoms with Crippen molar-refractivity contribution in [1.82, 2.24) is 25.1 Å². The molecule has 0 unspecified atom stereocenters. The van der Waals surface area contributed by atoms with Crippen molar-refractivity contribution in [3.63, 3.8) is 0 Å². The zero-order valence-corrected chi connectivity index (χ0v) is 26.8. The molecule has 236 valence electrons. The van der Waals surface area contributed by atoms with E-state index in [1.54, 1.807) is 18.2 Å². The number of aromatic nitrogens is 2. The molecule has 9 nitrogen and oxygen atoms in total. The molecule has 3 rings (SSSR count). The van der Waals surface area contributed by atoms with Crippen molar-refractivity contribution in [3.8, 4) is 0 Å². The van der Waals surface area contributed by atoms with E-state index in [9.17, 15) is 18.4 Å². The largest absolute Gasteiger partial charge is 0.385 e. The van der Waals surface area contributed by atoms with E-state index in [-0.39, 0.29) is 85.9 Å². The first-order chi connectivity index (χ1) is 18.3. The normalized spacial score (nSPS) is 20.6. The van der Waals surface area contributed by atoms with Crippen molar-refractivity contribution < 1.29 is 23.1 Å². The maximum Gasteiger partial charge on any atom is 0.259 e. The molecule has 0 saturated carbocycles. The van der Waals surface area contributed by atoms with Gasteiger partial charge in [-0.1, -0.05) is 34.6 Å². The van der Waals surface area contributed by atoms with E-state index in [0.29, 0.717) is 56.4 Å². The Bertz CT molecular complexity index is 986. The van der Waals surface area contributed by atoms with Crippen LogP contribution in [-0.2, 0) is 14.9 Å². The Labute approximate surface area is 255 Å². The van der Waals surface area contributed by atoms with Crippen LogP contribution in [0.15, 0.2) is 6.20 Å². The minimum Gasteiger partial charge on any atom is -0.385 e. The van der Waals surface area contributed by atoms with Gasteiger partial charge < -0.3 is 25.2 Å². The molecule has 2 saturated heterocycles. The van der Waals surface area contributed by atoms with Gasteiger partial charge in [-0.15, -0.1) is 24.8 Å². The molecule has 41 heavy (non-hydrogen) atoms. The summed E-state index contributed by atoms with van der Waals surface area (Å²) in [5.74, 6) is -2.04. The maximum atomic E-state index is 14.1. The topological polar surface area (TPSA) is 99.7 Å². The van der Waals surface area contributed by atoms with Crippen LogP contribution in [-0.4, -0.2) is 96.5 Å². The number of amides is 2. The number of piperidine rings is 2. The van der Waals surface area contributed by atoms with E-state index in [4.69, 9.17) is 9.72 Å². The van der Waals surface area contributed by atoms with Gasteiger partial charge in [-0.05, 0) is 18.8 Å². The van der Waals surface area contributed by atoms with Gasteiger partial charge in [0, 0.05) is 83.5 Å². The minimum atomic E-state index is -2.70. The van der Waals surface area contributed by atoms with Crippen LogP contribution < -0.4 is 10.6 Å². The Balaban J connectivity index is 0.00000420. The third kappa shape index (κ3) is 10.4. The zero-order valence-electron chi connectivity index (χ0n) is 25.2. The fraction of sp³-hybridized carbons (Fsp3) is 0.786. The lowest BCUT2D eigenvalue weighted by molar-refractivity contribution is -0.142. The highest BCUT2D eigenvalue weighted by Crippen LogP contribution is 2.30. The molecular formula is C28H48Cl2F2N6O3. The van der Waals surface area contributed by atoms with Crippen LogP contribution in [0.2, 0.25) is 0 Å². The van der Waals surface area contributed by atoms with Gasteiger partial charge in [0.25, 0.3) is 11.8 Å². The number of carbonyl (C=O) groups excluding carboxylic acids is 2. The Kier molecular flexibility index (Phi) is 14.6. The van der Waals surface area contributed by atoms with E-state index >= 15 is 0 Å². The maximum absolute atomic E-state index is 14.1. The molecule has 2 fully saturated rings. The molecule has 0 spiro atoms. The molecular weight excluding hydrogens is 577 g/mol. The Hall–Kier alpha value is -1.82. The van der Waals surface area contributed by atoms with Gasteiger partial charge in [0.2, 0.25) is 5.91 Å². The summed E-state index contributed by atoms with van der Waals surface area (Å²) >= 11 is 0. The van der Waals surface area contributed by atoms with Crippen molar-refractivity contribution in [3.05, 3.63) is 17.6 Å². The average Bonchev–Trinajstić information content (AvgIpc) is 2.88. The summed E-state index contributed by atoms with van der Waals surface area (Å²) in [7, 11) is 1.65. The van der Waals surface area contributed by atoms with Crippen molar-refractivity contribution in [2.75, 3.05) is 58.3 Å². The second-order valence-electron chi connectivity index (χ2n) is 12.3. The van der Waals surface area contributed by atoms with Gasteiger partial charge in [0.05, 0.1) is 5.92 Å². The number of halogens is 4. The molecule has 2 N–H and O–H groups in total. The number of nitrogens with zero attached hydrogens (tertiary/aromatic N) is 4. The predicted molar refractivity (Wildman–Crippen MR) is 162 cm³/mol. The smallest absolute Gasteiger partial charge is 0.259 e. The van der Waals surface area contributed by atoms with Crippen LogP contribution >= 0.6 is 24.8 Å².